The molecule has 0 atom stereocenters. The van der Waals surface area contributed by atoms with Crippen LogP contribution in [-0.4, -0.2) is 21.4 Å². The third-order valence-corrected chi connectivity index (χ3v) is 4.03. The van der Waals surface area contributed by atoms with Crippen LogP contribution in [0.25, 0.3) is 0 Å². The maximum absolute atomic E-state index is 13.0. The summed E-state index contributed by atoms with van der Waals surface area (Å²) in [6.07, 6.45) is 5.12. The minimum absolute atomic E-state index is 0.203. The van der Waals surface area contributed by atoms with E-state index in [1.54, 1.807) is 6.92 Å². The molecule has 1 aromatic heterocycles. The lowest BCUT2D eigenvalue weighted by Gasteiger charge is -2.11. The maximum atomic E-state index is 13.0. The Labute approximate surface area is 139 Å². The highest BCUT2D eigenvalue weighted by atomic mass is 19.1. The average molecular weight is 330 g/mol. The van der Waals surface area contributed by atoms with Gasteiger partial charge in [0.15, 0.2) is 0 Å². The van der Waals surface area contributed by atoms with E-state index in [1.807, 2.05) is 6.20 Å². The van der Waals surface area contributed by atoms with Gasteiger partial charge < -0.3 is 15.2 Å². The van der Waals surface area contributed by atoms with Gasteiger partial charge in [-0.1, -0.05) is 0 Å². The average Bonchev–Trinajstić information content (AvgIpc) is 2.98. The largest absolute Gasteiger partial charge is 0.342 e. The molecule has 0 radical (unpaired) electrons. The Bertz CT molecular complexity index is 761. The molecule has 126 valence electrons. The highest BCUT2D eigenvalue weighted by Gasteiger charge is 2.16. The molecule has 0 fully saturated rings. The lowest BCUT2D eigenvalue weighted by atomic mass is 10.2. The summed E-state index contributed by atoms with van der Waals surface area (Å²) in [5, 5.41) is 5.04. The van der Waals surface area contributed by atoms with Crippen LogP contribution < -0.4 is 10.6 Å². The molecule has 7 heteroatoms. The molecule has 2 N–H and O–H groups in total. The van der Waals surface area contributed by atoms with Crippen molar-refractivity contribution in [3.05, 3.63) is 47.3 Å². The fourth-order valence-electron chi connectivity index (χ4n) is 2.75. The number of halogens is 1. The van der Waals surface area contributed by atoms with E-state index in [1.165, 1.54) is 18.2 Å². The Morgan fingerprint density at radius 3 is 2.88 bits per heavy atom. The molecule has 1 aromatic carbocycles. The van der Waals surface area contributed by atoms with Crippen LogP contribution in [0.15, 0.2) is 24.4 Å². The first-order chi connectivity index (χ1) is 11.5. The lowest BCUT2D eigenvalue weighted by Crippen LogP contribution is -2.35. The zero-order valence-electron chi connectivity index (χ0n) is 13.4. The van der Waals surface area contributed by atoms with Crippen molar-refractivity contribution in [3.63, 3.8) is 0 Å². The number of hydrogen-bond acceptors (Lipinski definition) is 3. The van der Waals surface area contributed by atoms with E-state index in [0.717, 1.165) is 37.3 Å². The molecule has 0 saturated carbocycles. The van der Waals surface area contributed by atoms with Crippen molar-refractivity contribution in [3.8, 4) is 0 Å². The van der Waals surface area contributed by atoms with E-state index >= 15 is 0 Å². The Morgan fingerprint density at radius 1 is 1.29 bits per heavy atom. The number of rotatable bonds is 3. The van der Waals surface area contributed by atoms with Crippen LogP contribution in [0.5, 0.6) is 0 Å². The molecule has 3 rings (SSSR count). The van der Waals surface area contributed by atoms with Crippen molar-refractivity contribution in [1.82, 2.24) is 14.9 Å². The normalized spacial score (nSPS) is 13.2. The first-order valence-electron chi connectivity index (χ1n) is 7.93. The SMILES string of the molecule is Cc1cc(F)ccc1NC(=O)C(=O)NCc1cn2c(n1)CCCC2. The van der Waals surface area contributed by atoms with Gasteiger partial charge in [-0.25, -0.2) is 9.37 Å². The molecule has 2 amide bonds. The molecule has 1 aliphatic heterocycles. The van der Waals surface area contributed by atoms with Crippen molar-refractivity contribution in [2.45, 2.75) is 39.3 Å². The number of imidazole rings is 1. The van der Waals surface area contributed by atoms with E-state index in [9.17, 15) is 14.0 Å². The highest BCUT2D eigenvalue weighted by Crippen LogP contribution is 2.16. The fraction of sp³-hybridized carbons (Fsp3) is 0.353. The molecule has 0 aliphatic carbocycles. The van der Waals surface area contributed by atoms with Crippen LogP contribution in [0, 0.1) is 12.7 Å². The molecule has 0 unspecified atom stereocenters. The van der Waals surface area contributed by atoms with Crippen molar-refractivity contribution in [1.29, 1.82) is 0 Å². The summed E-state index contributed by atoms with van der Waals surface area (Å²) in [7, 11) is 0. The number of aromatic nitrogens is 2. The number of fused-ring (bicyclic) bond motifs is 1. The Kier molecular flexibility index (Phi) is 4.59. The third-order valence-electron chi connectivity index (χ3n) is 4.03. The number of nitrogens with zero attached hydrogens (tertiary/aromatic N) is 2. The van der Waals surface area contributed by atoms with Crippen molar-refractivity contribution >= 4 is 17.5 Å². The monoisotopic (exact) mass is 330 g/mol. The molecule has 6 nitrogen and oxygen atoms in total. The summed E-state index contributed by atoms with van der Waals surface area (Å²) >= 11 is 0. The van der Waals surface area contributed by atoms with E-state index in [0.29, 0.717) is 11.3 Å². The third kappa shape index (κ3) is 3.61. The molecular formula is C17H19FN4O2. The number of nitrogens with one attached hydrogen (secondary N) is 2. The number of aryl methyl sites for hydroxylation is 3. The number of anilines is 1. The van der Waals surface area contributed by atoms with Gasteiger partial charge in [-0.15, -0.1) is 0 Å². The number of hydrogen-bond donors (Lipinski definition) is 2. The Balaban J connectivity index is 1.56. The standard InChI is InChI=1S/C17H19FN4O2/c1-11-8-12(18)5-6-14(11)21-17(24)16(23)19-9-13-10-22-7-3-2-4-15(22)20-13/h5-6,8,10H,2-4,7,9H2,1H3,(H,19,23)(H,21,24). The predicted molar refractivity (Wildman–Crippen MR) is 86.8 cm³/mol. The number of benzene rings is 1. The molecule has 2 aromatic rings. The van der Waals surface area contributed by atoms with Crippen molar-refractivity contribution in [2.24, 2.45) is 0 Å². The van der Waals surface area contributed by atoms with Crippen LogP contribution in [0.1, 0.15) is 29.9 Å². The van der Waals surface area contributed by atoms with E-state index in [4.69, 9.17) is 0 Å². The van der Waals surface area contributed by atoms with Gasteiger partial charge in [0.25, 0.3) is 0 Å². The molecule has 2 heterocycles. The van der Waals surface area contributed by atoms with Crippen molar-refractivity contribution < 1.29 is 14.0 Å². The Morgan fingerprint density at radius 2 is 2.12 bits per heavy atom. The van der Waals surface area contributed by atoms with Gasteiger partial charge in [-0.3, -0.25) is 9.59 Å². The number of carbonyl (C=O) groups is 2. The van der Waals surface area contributed by atoms with Gasteiger partial charge in [-0.05, 0) is 43.5 Å². The summed E-state index contributed by atoms with van der Waals surface area (Å²) in [4.78, 5) is 28.3. The van der Waals surface area contributed by atoms with E-state index in [2.05, 4.69) is 20.2 Å². The first-order valence-corrected chi connectivity index (χ1v) is 7.93. The fourth-order valence-corrected chi connectivity index (χ4v) is 2.75. The van der Waals surface area contributed by atoms with E-state index < -0.39 is 17.6 Å². The van der Waals surface area contributed by atoms with Gasteiger partial charge in [0.2, 0.25) is 0 Å². The number of amides is 2. The van der Waals surface area contributed by atoms with Crippen LogP contribution in [0.4, 0.5) is 10.1 Å². The minimum atomic E-state index is -0.784. The summed E-state index contributed by atoms with van der Waals surface area (Å²) in [5.74, 6) is -0.894. The first kappa shape index (κ1) is 16.2. The second-order valence-electron chi connectivity index (χ2n) is 5.90. The van der Waals surface area contributed by atoms with Gasteiger partial charge >= 0.3 is 11.8 Å². The topological polar surface area (TPSA) is 76.0 Å². The zero-order valence-corrected chi connectivity index (χ0v) is 13.4. The summed E-state index contributed by atoms with van der Waals surface area (Å²) in [6.45, 7) is 2.81. The van der Waals surface area contributed by atoms with Gasteiger partial charge in [0, 0.05) is 24.8 Å². The van der Waals surface area contributed by atoms with Gasteiger partial charge in [0.05, 0.1) is 12.2 Å². The van der Waals surface area contributed by atoms with Crippen molar-refractivity contribution in [2.75, 3.05) is 5.32 Å². The number of carbonyl (C=O) groups excluding carboxylic acids is 2. The summed E-state index contributed by atoms with van der Waals surface area (Å²) in [6, 6.07) is 3.96. The Hall–Kier alpha value is -2.70. The molecule has 0 spiro atoms. The second-order valence-corrected chi connectivity index (χ2v) is 5.90. The van der Waals surface area contributed by atoms with E-state index in [-0.39, 0.29) is 6.54 Å². The maximum Gasteiger partial charge on any atom is 0.313 e. The zero-order chi connectivity index (χ0) is 17.1. The smallest absolute Gasteiger partial charge is 0.313 e. The highest BCUT2D eigenvalue weighted by molar-refractivity contribution is 6.39. The summed E-state index contributed by atoms with van der Waals surface area (Å²) in [5.41, 5.74) is 1.71. The predicted octanol–water partition coefficient (Wildman–Crippen LogP) is 1.92. The molecule has 24 heavy (non-hydrogen) atoms. The second kappa shape index (κ2) is 6.82. The van der Waals surface area contributed by atoms with Crippen LogP contribution in [0.2, 0.25) is 0 Å². The summed E-state index contributed by atoms with van der Waals surface area (Å²) < 4.78 is 15.1. The van der Waals surface area contributed by atoms with Crippen LogP contribution >= 0.6 is 0 Å². The van der Waals surface area contributed by atoms with Crippen LogP contribution in [0.3, 0.4) is 0 Å². The van der Waals surface area contributed by atoms with Crippen LogP contribution in [-0.2, 0) is 29.1 Å². The lowest BCUT2D eigenvalue weighted by molar-refractivity contribution is -0.136. The minimum Gasteiger partial charge on any atom is -0.342 e. The molecule has 0 saturated heterocycles. The quantitative estimate of drug-likeness (QED) is 0.844. The molecular weight excluding hydrogens is 311 g/mol. The van der Waals surface area contributed by atoms with Gasteiger partial charge in [0.1, 0.15) is 11.6 Å². The molecule has 0 bridgehead atoms. The van der Waals surface area contributed by atoms with Gasteiger partial charge in [-0.2, -0.15) is 0 Å². The molecule has 1 aliphatic rings.